The van der Waals surface area contributed by atoms with E-state index in [1.807, 2.05) is 0 Å². The summed E-state index contributed by atoms with van der Waals surface area (Å²) < 4.78 is 0. The van der Waals surface area contributed by atoms with Crippen LogP contribution >= 0.6 is 0 Å². The van der Waals surface area contributed by atoms with E-state index in [0.29, 0.717) is 48.1 Å². The Kier molecular flexibility index (Phi) is 3.08. The van der Waals surface area contributed by atoms with Gasteiger partial charge in [0.15, 0.2) is 0 Å². The summed E-state index contributed by atoms with van der Waals surface area (Å²) in [6.45, 7) is 2.30. The minimum atomic E-state index is -0.284. The Labute approximate surface area is 126 Å². The molecule has 0 saturated heterocycles. The Morgan fingerprint density at radius 2 is 1.86 bits per heavy atom. The van der Waals surface area contributed by atoms with Crippen molar-refractivity contribution >= 4 is 11.6 Å². The van der Waals surface area contributed by atoms with Crippen LogP contribution in [0.1, 0.15) is 58.3 Å². The molecule has 0 aliphatic heterocycles. The number of hydrogen-bond donors (Lipinski definition) is 1. The maximum atomic E-state index is 12.7. The SMILES string of the molecule is C[C@@]12CC[C@H](O)C[C@H]1C(=O)C[C@H]1[C@H]2CCC2CC(=O)C[C@@H]21. The van der Waals surface area contributed by atoms with Gasteiger partial charge in [0.1, 0.15) is 11.6 Å². The predicted molar refractivity (Wildman–Crippen MR) is 78.5 cm³/mol. The van der Waals surface area contributed by atoms with E-state index in [1.54, 1.807) is 0 Å². The fourth-order valence-corrected chi connectivity index (χ4v) is 6.42. The molecular weight excluding hydrogens is 264 g/mol. The normalized spacial score (nSPS) is 53.0. The fraction of sp³-hybridized carbons (Fsp3) is 0.889. The van der Waals surface area contributed by atoms with Crippen LogP contribution in [0.4, 0.5) is 0 Å². The number of rotatable bonds is 0. The highest BCUT2D eigenvalue weighted by atomic mass is 16.3. The lowest BCUT2D eigenvalue weighted by Gasteiger charge is -2.57. The predicted octanol–water partition coefficient (Wildman–Crippen LogP) is 2.75. The van der Waals surface area contributed by atoms with Gasteiger partial charge in [-0.2, -0.15) is 0 Å². The van der Waals surface area contributed by atoms with Crippen molar-refractivity contribution in [3.8, 4) is 0 Å². The van der Waals surface area contributed by atoms with Gasteiger partial charge in [-0.25, -0.2) is 0 Å². The van der Waals surface area contributed by atoms with Gasteiger partial charge >= 0.3 is 0 Å². The van der Waals surface area contributed by atoms with Gasteiger partial charge in [-0.1, -0.05) is 6.92 Å². The van der Waals surface area contributed by atoms with Crippen LogP contribution in [0.25, 0.3) is 0 Å². The smallest absolute Gasteiger partial charge is 0.136 e. The molecule has 4 fully saturated rings. The van der Waals surface area contributed by atoms with E-state index in [-0.39, 0.29) is 17.4 Å². The van der Waals surface area contributed by atoms with Crippen LogP contribution in [-0.4, -0.2) is 22.8 Å². The molecule has 1 unspecified atom stereocenters. The summed E-state index contributed by atoms with van der Waals surface area (Å²) in [6, 6.07) is 0. The number of hydrogen-bond acceptors (Lipinski definition) is 3. The van der Waals surface area contributed by atoms with E-state index in [4.69, 9.17) is 0 Å². The summed E-state index contributed by atoms with van der Waals surface area (Å²) in [5, 5.41) is 9.96. The number of Topliss-reactive ketones (excluding diaryl/α,β-unsaturated/α-hetero) is 2. The molecule has 21 heavy (non-hydrogen) atoms. The van der Waals surface area contributed by atoms with E-state index < -0.39 is 0 Å². The van der Waals surface area contributed by atoms with Gasteiger partial charge in [-0.3, -0.25) is 9.59 Å². The van der Waals surface area contributed by atoms with Crippen molar-refractivity contribution in [3.63, 3.8) is 0 Å². The lowest BCUT2D eigenvalue weighted by atomic mass is 9.47. The first kappa shape index (κ1) is 13.9. The van der Waals surface area contributed by atoms with E-state index >= 15 is 0 Å². The monoisotopic (exact) mass is 290 g/mol. The first-order valence-electron chi connectivity index (χ1n) is 8.71. The molecule has 4 saturated carbocycles. The Hall–Kier alpha value is -0.700. The van der Waals surface area contributed by atoms with E-state index in [2.05, 4.69) is 6.92 Å². The molecule has 0 spiro atoms. The summed E-state index contributed by atoms with van der Waals surface area (Å²) >= 11 is 0. The largest absolute Gasteiger partial charge is 0.393 e. The summed E-state index contributed by atoms with van der Waals surface area (Å²) in [7, 11) is 0. The zero-order valence-corrected chi connectivity index (χ0v) is 12.9. The van der Waals surface area contributed by atoms with E-state index in [1.165, 1.54) is 12.8 Å². The number of fused-ring (bicyclic) bond motifs is 5. The molecule has 4 aliphatic carbocycles. The third-order valence-corrected chi connectivity index (χ3v) is 7.47. The zero-order valence-electron chi connectivity index (χ0n) is 12.9. The molecule has 0 radical (unpaired) electrons. The first-order valence-corrected chi connectivity index (χ1v) is 8.71. The number of aliphatic hydroxyl groups excluding tert-OH is 1. The molecule has 0 heterocycles. The molecule has 116 valence electrons. The lowest BCUT2D eigenvalue weighted by Crippen LogP contribution is -2.55. The van der Waals surface area contributed by atoms with Gasteiger partial charge in [0.25, 0.3) is 0 Å². The zero-order chi connectivity index (χ0) is 14.8. The molecule has 0 amide bonds. The van der Waals surface area contributed by atoms with Gasteiger partial charge in [0.05, 0.1) is 6.10 Å². The Balaban J connectivity index is 1.66. The third-order valence-electron chi connectivity index (χ3n) is 7.47. The summed E-state index contributed by atoms with van der Waals surface area (Å²) in [5.41, 5.74) is 0.0792. The average molecular weight is 290 g/mol. The van der Waals surface area contributed by atoms with Gasteiger partial charge in [-0.15, -0.1) is 0 Å². The van der Waals surface area contributed by atoms with E-state index in [0.717, 1.165) is 25.7 Å². The fourth-order valence-electron chi connectivity index (χ4n) is 6.42. The van der Waals surface area contributed by atoms with Crippen molar-refractivity contribution < 1.29 is 14.7 Å². The van der Waals surface area contributed by atoms with E-state index in [9.17, 15) is 14.7 Å². The number of aliphatic hydroxyl groups is 1. The van der Waals surface area contributed by atoms with Crippen molar-refractivity contribution in [2.75, 3.05) is 0 Å². The molecule has 0 aromatic carbocycles. The number of carbonyl (C=O) groups is 2. The molecule has 4 rings (SSSR count). The van der Waals surface area contributed by atoms with Crippen LogP contribution in [-0.2, 0) is 9.59 Å². The summed E-state index contributed by atoms with van der Waals surface area (Å²) in [4.78, 5) is 24.6. The van der Waals surface area contributed by atoms with Gasteiger partial charge in [-0.05, 0) is 61.2 Å². The Morgan fingerprint density at radius 3 is 2.67 bits per heavy atom. The maximum Gasteiger partial charge on any atom is 0.136 e. The minimum absolute atomic E-state index is 0.0659. The van der Waals surface area contributed by atoms with Crippen molar-refractivity contribution in [2.24, 2.45) is 35.0 Å². The summed E-state index contributed by atoms with van der Waals surface area (Å²) in [6.07, 6.45) is 6.74. The molecule has 0 aromatic heterocycles. The molecule has 1 N–H and O–H groups in total. The van der Waals surface area contributed by atoms with Crippen molar-refractivity contribution in [1.29, 1.82) is 0 Å². The number of carbonyl (C=O) groups excluding carboxylic acids is 2. The van der Waals surface area contributed by atoms with Crippen LogP contribution < -0.4 is 0 Å². The molecular formula is C18H26O3. The van der Waals surface area contributed by atoms with Crippen LogP contribution in [0, 0.1) is 35.0 Å². The topological polar surface area (TPSA) is 54.4 Å². The standard InChI is InChI=1S/C18H26O3/c1-18-5-4-11(19)8-16(18)17(21)9-14-13-7-12(20)6-10(13)2-3-15(14)18/h10-11,13-16,19H,2-9H2,1H3/t10?,11-,13-,14+,15+,16-,18-/m0/s1. The summed E-state index contributed by atoms with van der Waals surface area (Å²) in [5.74, 6) is 2.93. The Morgan fingerprint density at radius 1 is 1.05 bits per heavy atom. The quantitative estimate of drug-likeness (QED) is 0.746. The second-order valence-corrected chi connectivity index (χ2v) is 8.38. The molecule has 0 aromatic rings. The number of ketones is 2. The van der Waals surface area contributed by atoms with Gasteiger partial charge in [0, 0.05) is 25.2 Å². The molecule has 0 bridgehead atoms. The van der Waals surface area contributed by atoms with Crippen LogP contribution in [0.15, 0.2) is 0 Å². The van der Waals surface area contributed by atoms with Crippen LogP contribution in [0.5, 0.6) is 0 Å². The van der Waals surface area contributed by atoms with Gasteiger partial charge in [0.2, 0.25) is 0 Å². The van der Waals surface area contributed by atoms with Crippen molar-refractivity contribution in [3.05, 3.63) is 0 Å². The molecule has 3 nitrogen and oxygen atoms in total. The average Bonchev–Trinajstić information content (AvgIpc) is 2.82. The highest BCUT2D eigenvalue weighted by molar-refractivity contribution is 5.84. The van der Waals surface area contributed by atoms with Crippen LogP contribution in [0.3, 0.4) is 0 Å². The third kappa shape index (κ3) is 1.96. The second-order valence-electron chi connectivity index (χ2n) is 8.38. The Bertz CT molecular complexity index is 485. The first-order chi connectivity index (χ1) is 9.99. The van der Waals surface area contributed by atoms with Crippen molar-refractivity contribution in [2.45, 2.75) is 64.4 Å². The minimum Gasteiger partial charge on any atom is -0.393 e. The highest BCUT2D eigenvalue weighted by Gasteiger charge is 2.58. The van der Waals surface area contributed by atoms with Crippen molar-refractivity contribution in [1.82, 2.24) is 0 Å². The maximum absolute atomic E-state index is 12.7. The molecule has 7 atom stereocenters. The van der Waals surface area contributed by atoms with Gasteiger partial charge < -0.3 is 5.11 Å². The molecule has 4 aliphatic rings. The highest BCUT2D eigenvalue weighted by Crippen LogP contribution is 2.61. The van der Waals surface area contributed by atoms with Crippen LogP contribution in [0.2, 0.25) is 0 Å². The molecule has 3 heteroatoms. The lowest BCUT2D eigenvalue weighted by molar-refractivity contribution is -0.153. The second kappa shape index (κ2) is 4.65.